The molecule has 2 fully saturated rings. The van der Waals surface area contributed by atoms with Crippen LogP contribution in [0.5, 0.6) is 0 Å². The third-order valence-corrected chi connectivity index (χ3v) is 5.71. The normalized spacial score (nSPS) is 23.8. The third kappa shape index (κ3) is 3.06. The van der Waals surface area contributed by atoms with Crippen molar-refractivity contribution in [1.82, 2.24) is 10.3 Å². The van der Waals surface area contributed by atoms with Crippen molar-refractivity contribution in [3.05, 3.63) is 64.0 Å². The van der Waals surface area contributed by atoms with Crippen molar-refractivity contribution in [1.29, 1.82) is 0 Å². The molecule has 1 saturated carbocycles. The van der Waals surface area contributed by atoms with E-state index in [0.717, 1.165) is 5.56 Å². The molecule has 2 heterocycles. The SMILES string of the molecule is CNC(=O)c1nc([C@H](O)c2cccc(C)c2)cc(C(N)=O)c1C1[C@H]2COC[C@@H]12. The lowest BCUT2D eigenvalue weighted by Crippen LogP contribution is -2.26. The number of nitrogens with two attached hydrogens (primary N) is 1. The first-order valence-corrected chi connectivity index (χ1v) is 9.31. The number of nitrogens with zero attached hydrogens (tertiary/aromatic N) is 1. The quantitative estimate of drug-likeness (QED) is 0.722. The number of carbonyl (C=O) groups is 2. The molecule has 4 rings (SSSR count). The Morgan fingerprint density at radius 3 is 2.61 bits per heavy atom. The second kappa shape index (κ2) is 7.00. The zero-order valence-electron chi connectivity index (χ0n) is 15.8. The number of hydrogen-bond donors (Lipinski definition) is 3. The summed E-state index contributed by atoms with van der Waals surface area (Å²) in [5.74, 6) is -0.458. The maximum atomic E-state index is 12.6. The molecule has 1 aliphatic carbocycles. The van der Waals surface area contributed by atoms with Crippen LogP contribution >= 0.6 is 0 Å². The summed E-state index contributed by atoms with van der Waals surface area (Å²) in [6.45, 7) is 3.13. The van der Waals surface area contributed by atoms with Gasteiger partial charge in [-0.1, -0.05) is 29.8 Å². The predicted molar refractivity (Wildman–Crippen MR) is 102 cm³/mol. The van der Waals surface area contributed by atoms with Crippen LogP contribution in [0.1, 0.15) is 55.3 Å². The van der Waals surface area contributed by atoms with Crippen molar-refractivity contribution >= 4 is 11.8 Å². The summed E-state index contributed by atoms with van der Waals surface area (Å²) in [6, 6.07) is 8.89. The van der Waals surface area contributed by atoms with Crippen molar-refractivity contribution in [3.8, 4) is 0 Å². The van der Waals surface area contributed by atoms with Crippen molar-refractivity contribution < 1.29 is 19.4 Å². The molecule has 7 nitrogen and oxygen atoms in total. The van der Waals surface area contributed by atoms with E-state index in [4.69, 9.17) is 10.5 Å². The van der Waals surface area contributed by atoms with Crippen LogP contribution < -0.4 is 11.1 Å². The highest BCUT2D eigenvalue weighted by atomic mass is 16.5. The highest BCUT2D eigenvalue weighted by Gasteiger charge is 2.56. The Kier molecular flexibility index (Phi) is 4.64. The van der Waals surface area contributed by atoms with Crippen LogP contribution in [0.2, 0.25) is 0 Å². The average molecular weight is 381 g/mol. The van der Waals surface area contributed by atoms with Gasteiger partial charge in [0.05, 0.1) is 18.9 Å². The van der Waals surface area contributed by atoms with E-state index in [9.17, 15) is 14.7 Å². The zero-order chi connectivity index (χ0) is 20.0. The van der Waals surface area contributed by atoms with E-state index in [1.165, 1.54) is 13.1 Å². The van der Waals surface area contributed by atoms with Crippen molar-refractivity contribution in [2.24, 2.45) is 17.6 Å². The van der Waals surface area contributed by atoms with Crippen molar-refractivity contribution in [2.75, 3.05) is 20.3 Å². The fourth-order valence-corrected chi connectivity index (χ4v) is 4.23. The number of benzene rings is 1. The minimum atomic E-state index is -1.07. The van der Waals surface area contributed by atoms with Gasteiger partial charge in [0, 0.05) is 18.2 Å². The Bertz CT molecular complexity index is 949. The van der Waals surface area contributed by atoms with Crippen LogP contribution in [0, 0.1) is 18.8 Å². The molecule has 1 unspecified atom stereocenters. The lowest BCUT2D eigenvalue weighted by Gasteiger charge is -2.18. The Balaban J connectivity index is 1.84. The molecule has 28 heavy (non-hydrogen) atoms. The topological polar surface area (TPSA) is 115 Å². The zero-order valence-corrected chi connectivity index (χ0v) is 15.8. The average Bonchev–Trinajstić information content (AvgIpc) is 3.14. The molecule has 2 aliphatic rings. The molecule has 1 aromatic carbocycles. The van der Waals surface area contributed by atoms with Gasteiger partial charge in [0.1, 0.15) is 11.8 Å². The van der Waals surface area contributed by atoms with Gasteiger partial charge in [0.15, 0.2) is 0 Å². The lowest BCUT2D eigenvalue weighted by molar-refractivity contribution is 0.0955. The number of pyridine rings is 1. The van der Waals surface area contributed by atoms with Gasteiger partial charge in [0.25, 0.3) is 5.91 Å². The Hall–Kier alpha value is -2.77. The van der Waals surface area contributed by atoms with E-state index >= 15 is 0 Å². The number of aromatic nitrogens is 1. The number of amides is 2. The Labute approximate surface area is 162 Å². The predicted octanol–water partition coefficient (Wildman–Crippen LogP) is 1.29. The number of carbonyl (C=O) groups excluding carboxylic acids is 2. The van der Waals surface area contributed by atoms with Crippen LogP contribution in [-0.4, -0.2) is 42.2 Å². The number of nitrogens with one attached hydrogen (secondary N) is 1. The summed E-state index contributed by atoms with van der Waals surface area (Å²) < 4.78 is 5.44. The molecule has 2 amide bonds. The minimum absolute atomic E-state index is 0.0289. The van der Waals surface area contributed by atoms with Crippen LogP contribution in [0.15, 0.2) is 30.3 Å². The van der Waals surface area contributed by atoms with E-state index in [2.05, 4.69) is 10.3 Å². The lowest BCUT2D eigenvalue weighted by atomic mass is 9.94. The molecular weight excluding hydrogens is 358 g/mol. The standard InChI is InChI=1S/C21H23N3O4/c1-10-4-3-5-11(6-10)19(25)15-7-12(20(22)26)17(18(24-15)21(27)23-2)16-13-8-28-9-14(13)16/h3-7,13-14,16,19,25H,8-9H2,1-2H3,(H2,22,26)(H,23,27)/t13-,14+,16?,19-/m1/s1. The number of aliphatic hydroxyl groups excluding tert-OH is 1. The van der Waals surface area contributed by atoms with Gasteiger partial charge in [-0.25, -0.2) is 4.98 Å². The largest absolute Gasteiger partial charge is 0.382 e. The van der Waals surface area contributed by atoms with Crippen molar-refractivity contribution in [2.45, 2.75) is 18.9 Å². The van der Waals surface area contributed by atoms with Crippen LogP contribution in [0.25, 0.3) is 0 Å². The number of hydrogen-bond acceptors (Lipinski definition) is 5. The van der Waals surface area contributed by atoms with Gasteiger partial charge in [-0.2, -0.15) is 0 Å². The highest BCUT2D eigenvalue weighted by molar-refractivity contribution is 6.01. The molecule has 1 aromatic heterocycles. The van der Waals surface area contributed by atoms with Crippen LogP contribution in [0.4, 0.5) is 0 Å². The van der Waals surface area contributed by atoms with Crippen molar-refractivity contribution in [3.63, 3.8) is 0 Å². The second-order valence-corrected chi connectivity index (χ2v) is 7.51. The first-order valence-electron chi connectivity index (χ1n) is 9.31. The third-order valence-electron chi connectivity index (χ3n) is 5.71. The Morgan fingerprint density at radius 1 is 1.29 bits per heavy atom. The molecule has 0 bridgehead atoms. The summed E-state index contributed by atoms with van der Waals surface area (Å²) in [7, 11) is 1.51. The van der Waals surface area contributed by atoms with Crippen LogP contribution in [0.3, 0.4) is 0 Å². The van der Waals surface area contributed by atoms with E-state index in [1.807, 2.05) is 25.1 Å². The first-order chi connectivity index (χ1) is 13.4. The van der Waals surface area contributed by atoms with E-state index in [-0.39, 0.29) is 34.7 Å². The van der Waals surface area contributed by atoms with Gasteiger partial charge in [-0.05, 0) is 36.3 Å². The second-order valence-electron chi connectivity index (χ2n) is 7.51. The van der Waals surface area contributed by atoms with Gasteiger partial charge < -0.3 is 20.9 Å². The number of rotatable bonds is 5. The van der Waals surface area contributed by atoms with Crippen LogP contribution in [-0.2, 0) is 4.74 Å². The minimum Gasteiger partial charge on any atom is -0.382 e. The fraction of sp³-hybridized carbons (Fsp3) is 0.381. The summed E-state index contributed by atoms with van der Waals surface area (Å²) in [6.07, 6.45) is -1.07. The molecule has 2 aromatic rings. The maximum Gasteiger partial charge on any atom is 0.269 e. The van der Waals surface area contributed by atoms with E-state index in [0.29, 0.717) is 24.3 Å². The van der Waals surface area contributed by atoms with Gasteiger partial charge >= 0.3 is 0 Å². The number of aryl methyl sites for hydroxylation is 1. The first kappa shape index (κ1) is 18.6. The Morgan fingerprint density at radius 2 is 2.00 bits per heavy atom. The number of fused-ring (bicyclic) bond motifs is 1. The van der Waals surface area contributed by atoms with Gasteiger partial charge in [-0.15, -0.1) is 0 Å². The molecule has 4 N–H and O–H groups in total. The fourth-order valence-electron chi connectivity index (χ4n) is 4.23. The smallest absolute Gasteiger partial charge is 0.269 e. The monoisotopic (exact) mass is 381 g/mol. The molecule has 0 radical (unpaired) electrons. The molecule has 146 valence electrons. The molecule has 7 heteroatoms. The van der Waals surface area contributed by atoms with E-state index in [1.54, 1.807) is 6.07 Å². The summed E-state index contributed by atoms with van der Waals surface area (Å²) in [5.41, 5.74) is 8.48. The molecule has 1 aliphatic heterocycles. The summed E-state index contributed by atoms with van der Waals surface area (Å²) >= 11 is 0. The number of primary amides is 1. The maximum absolute atomic E-state index is 12.6. The number of aliphatic hydroxyl groups is 1. The molecule has 4 atom stereocenters. The van der Waals surface area contributed by atoms with Gasteiger partial charge in [0.2, 0.25) is 5.91 Å². The molecular formula is C21H23N3O4. The summed E-state index contributed by atoms with van der Waals surface area (Å²) in [4.78, 5) is 29.3. The van der Waals surface area contributed by atoms with Gasteiger partial charge in [-0.3, -0.25) is 9.59 Å². The summed E-state index contributed by atoms with van der Waals surface area (Å²) in [5, 5.41) is 13.4. The molecule has 0 spiro atoms. The molecule has 1 saturated heterocycles. The number of ether oxygens (including phenoxy) is 1. The highest BCUT2D eigenvalue weighted by Crippen LogP contribution is 2.58. The van der Waals surface area contributed by atoms with E-state index < -0.39 is 17.9 Å².